The number of carboxylic acids is 1. The number of carboxylic acid groups (broad SMARTS) is 1. The van der Waals surface area contributed by atoms with Crippen molar-refractivity contribution in [2.24, 2.45) is 0 Å². The van der Waals surface area contributed by atoms with Crippen LogP contribution in [0.25, 0.3) is 0 Å². The molecule has 0 spiro atoms. The van der Waals surface area contributed by atoms with Crippen LogP contribution < -0.4 is 5.32 Å². The summed E-state index contributed by atoms with van der Waals surface area (Å²) in [5, 5.41) is 11.1. The highest BCUT2D eigenvalue weighted by molar-refractivity contribution is 7.80. The molecule has 1 atom stereocenters. The van der Waals surface area contributed by atoms with E-state index in [1.165, 1.54) is 0 Å². The van der Waals surface area contributed by atoms with Gasteiger partial charge in [-0.3, -0.25) is 4.79 Å². The van der Waals surface area contributed by atoms with Gasteiger partial charge in [0.25, 0.3) is 0 Å². The van der Waals surface area contributed by atoms with Crippen LogP contribution in [0.5, 0.6) is 0 Å². The largest absolute Gasteiger partial charge is 0.480 e. The fourth-order valence-electron chi connectivity index (χ4n) is 0.368. The SMILES string of the molecule is C[C@H](NCCS)C(=O)O. The molecule has 0 bridgehead atoms. The molecule has 0 heterocycles. The Kier molecular flexibility index (Phi) is 4.53. The van der Waals surface area contributed by atoms with E-state index in [1.807, 2.05) is 0 Å². The third-order valence-corrected chi connectivity index (χ3v) is 1.16. The average Bonchev–Trinajstić information content (AvgIpc) is 1.82. The minimum atomic E-state index is -0.822. The van der Waals surface area contributed by atoms with Crippen molar-refractivity contribution in [2.75, 3.05) is 12.3 Å². The highest BCUT2D eigenvalue weighted by Crippen LogP contribution is 1.79. The predicted molar refractivity (Wildman–Crippen MR) is 39.0 cm³/mol. The molecule has 54 valence electrons. The maximum Gasteiger partial charge on any atom is 0.320 e. The molecule has 0 aromatic rings. The van der Waals surface area contributed by atoms with Gasteiger partial charge >= 0.3 is 5.97 Å². The number of aliphatic carboxylic acids is 1. The first-order valence-electron chi connectivity index (χ1n) is 2.75. The number of hydrogen-bond acceptors (Lipinski definition) is 3. The van der Waals surface area contributed by atoms with Gasteiger partial charge in [-0.25, -0.2) is 0 Å². The van der Waals surface area contributed by atoms with Crippen LogP contribution in [-0.4, -0.2) is 29.4 Å². The maximum atomic E-state index is 10.1. The number of rotatable bonds is 4. The van der Waals surface area contributed by atoms with Gasteiger partial charge in [-0.15, -0.1) is 0 Å². The molecule has 0 amide bonds. The van der Waals surface area contributed by atoms with E-state index in [0.717, 1.165) is 0 Å². The molecule has 0 aliphatic carbocycles. The normalized spacial score (nSPS) is 13.1. The molecule has 0 fully saturated rings. The lowest BCUT2D eigenvalue weighted by Crippen LogP contribution is -2.34. The Morgan fingerprint density at radius 2 is 2.44 bits per heavy atom. The predicted octanol–water partition coefficient (Wildman–Crippen LogP) is -0.0211. The molecule has 0 unspecified atom stereocenters. The summed E-state index contributed by atoms with van der Waals surface area (Å²) in [4.78, 5) is 10.1. The molecule has 0 rings (SSSR count). The van der Waals surface area contributed by atoms with Crippen molar-refractivity contribution in [1.82, 2.24) is 5.32 Å². The van der Waals surface area contributed by atoms with Crippen molar-refractivity contribution in [2.45, 2.75) is 13.0 Å². The standard InChI is InChI=1S/C5H11NO2S/c1-4(5(7)8)6-2-3-9/h4,6,9H,2-3H2,1H3,(H,7,8)/t4-/m0/s1. The lowest BCUT2D eigenvalue weighted by molar-refractivity contribution is -0.138. The topological polar surface area (TPSA) is 49.3 Å². The second-order valence-electron chi connectivity index (χ2n) is 1.74. The molecule has 0 aromatic heterocycles. The van der Waals surface area contributed by atoms with E-state index in [1.54, 1.807) is 6.92 Å². The summed E-state index contributed by atoms with van der Waals surface area (Å²) < 4.78 is 0. The second kappa shape index (κ2) is 4.64. The number of carbonyl (C=O) groups is 1. The van der Waals surface area contributed by atoms with Crippen molar-refractivity contribution >= 4 is 18.6 Å². The highest BCUT2D eigenvalue weighted by atomic mass is 32.1. The van der Waals surface area contributed by atoms with Gasteiger partial charge in [-0.2, -0.15) is 12.6 Å². The number of hydrogen-bond donors (Lipinski definition) is 3. The first-order chi connectivity index (χ1) is 4.18. The Balaban J connectivity index is 3.27. The molecule has 2 N–H and O–H groups in total. The Hall–Kier alpha value is -0.220. The quantitative estimate of drug-likeness (QED) is 0.492. The fraction of sp³-hybridized carbons (Fsp3) is 0.800. The molecule has 0 saturated carbocycles. The van der Waals surface area contributed by atoms with Crippen LogP contribution in [0.4, 0.5) is 0 Å². The third-order valence-electron chi connectivity index (χ3n) is 0.933. The molecule has 0 saturated heterocycles. The average molecular weight is 149 g/mol. The van der Waals surface area contributed by atoms with Crippen molar-refractivity contribution < 1.29 is 9.90 Å². The van der Waals surface area contributed by atoms with Crippen LogP contribution in [0.15, 0.2) is 0 Å². The Morgan fingerprint density at radius 1 is 1.89 bits per heavy atom. The Morgan fingerprint density at radius 3 is 2.78 bits per heavy atom. The summed E-state index contributed by atoms with van der Waals surface area (Å²) in [5.41, 5.74) is 0. The minimum Gasteiger partial charge on any atom is -0.480 e. The van der Waals surface area contributed by atoms with Crippen LogP contribution in [0.2, 0.25) is 0 Å². The first kappa shape index (κ1) is 8.78. The summed E-state index contributed by atoms with van der Waals surface area (Å²) in [6.07, 6.45) is 0. The summed E-state index contributed by atoms with van der Waals surface area (Å²) in [5.74, 6) is -0.158. The molecule has 9 heavy (non-hydrogen) atoms. The van der Waals surface area contributed by atoms with Crippen molar-refractivity contribution in [1.29, 1.82) is 0 Å². The third kappa shape index (κ3) is 4.29. The van der Waals surface area contributed by atoms with E-state index in [2.05, 4.69) is 17.9 Å². The number of nitrogens with one attached hydrogen (secondary N) is 1. The van der Waals surface area contributed by atoms with Gasteiger partial charge in [-0.1, -0.05) is 0 Å². The number of thiol groups is 1. The lowest BCUT2D eigenvalue weighted by atomic mass is 10.3. The molecule has 0 radical (unpaired) electrons. The van der Waals surface area contributed by atoms with Crippen molar-refractivity contribution in [3.8, 4) is 0 Å². The molecule has 0 aliphatic rings. The Labute approximate surface area is 59.9 Å². The second-order valence-corrected chi connectivity index (χ2v) is 2.18. The molecular formula is C5H11NO2S. The van der Waals surface area contributed by atoms with E-state index >= 15 is 0 Å². The minimum absolute atomic E-state index is 0.461. The monoisotopic (exact) mass is 149 g/mol. The molecule has 0 aliphatic heterocycles. The van der Waals surface area contributed by atoms with Crippen LogP contribution >= 0.6 is 12.6 Å². The fourth-order valence-corrected chi connectivity index (χ4v) is 0.497. The van der Waals surface area contributed by atoms with Gasteiger partial charge in [0.05, 0.1) is 0 Å². The summed E-state index contributed by atoms with van der Waals surface area (Å²) in [7, 11) is 0. The van der Waals surface area contributed by atoms with Crippen molar-refractivity contribution in [3.05, 3.63) is 0 Å². The van der Waals surface area contributed by atoms with Gasteiger partial charge in [0.2, 0.25) is 0 Å². The smallest absolute Gasteiger partial charge is 0.320 e. The van der Waals surface area contributed by atoms with E-state index in [-0.39, 0.29) is 0 Å². The van der Waals surface area contributed by atoms with E-state index < -0.39 is 12.0 Å². The summed E-state index contributed by atoms with van der Waals surface area (Å²) >= 11 is 3.91. The summed E-state index contributed by atoms with van der Waals surface area (Å²) in [6.45, 7) is 2.24. The molecule has 4 heteroatoms. The van der Waals surface area contributed by atoms with Gasteiger partial charge in [0, 0.05) is 12.3 Å². The highest BCUT2D eigenvalue weighted by Gasteiger charge is 2.07. The Bertz CT molecular complexity index is 97.0. The van der Waals surface area contributed by atoms with E-state index in [4.69, 9.17) is 5.11 Å². The van der Waals surface area contributed by atoms with Crippen LogP contribution in [0, 0.1) is 0 Å². The first-order valence-corrected chi connectivity index (χ1v) is 3.38. The van der Waals surface area contributed by atoms with Gasteiger partial charge < -0.3 is 10.4 Å². The van der Waals surface area contributed by atoms with Crippen LogP contribution in [-0.2, 0) is 4.79 Å². The maximum absolute atomic E-state index is 10.1. The molecule has 3 nitrogen and oxygen atoms in total. The zero-order valence-corrected chi connectivity index (χ0v) is 6.19. The van der Waals surface area contributed by atoms with Gasteiger partial charge in [0.15, 0.2) is 0 Å². The van der Waals surface area contributed by atoms with Crippen molar-refractivity contribution in [3.63, 3.8) is 0 Å². The molecule has 0 aromatic carbocycles. The lowest BCUT2D eigenvalue weighted by Gasteiger charge is -2.05. The van der Waals surface area contributed by atoms with Crippen LogP contribution in [0.1, 0.15) is 6.92 Å². The van der Waals surface area contributed by atoms with E-state index in [0.29, 0.717) is 12.3 Å². The van der Waals surface area contributed by atoms with Gasteiger partial charge in [0.1, 0.15) is 6.04 Å². The zero-order valence-electron chi connectivity index (χ0n) is 5.29. The van der Waals surface area contributed by atoms with E-state index in [9.17, 15) is 4.79 Å². The molecular weight excluding hydrogens is 138 g/mol. The van der Waals surface area contributed by atoms with Gasteiger partial charge in [-0.05, 0) is 6.92 Å². The van der Waals surface area contributed by atoms with Crippen LogP contribution in [0.3, 0.4) is 0 Å². The summed E-state index contributed by atoms with van der Waals surface area (Å²) in [6, 6.07) is -0.461. The zero-order chi connectivity index (χ0) is 7.28.